The van der Waals surface area contributed by atoms with E-state index in [9.17, 15) is 0 Å². The third-order valence-corrected chi connectivity index (χ3v) is 10.3. The zero-order valence-electron chi connectivity index (χ0n) is 24.7. The summed E-state index contributed by atoms with van der Waals surface area (Å²) < 4.78 is 2.48. The minimum Gasteiger partial charge on any atom is -0.309 e. The van der Waals surface area contributed by atoms with Gasteiger partial charge in [0.25, 0.3) is 0 Å². The number of hydrogen-bond donors (Lipinski definition) is 0. The molecule has 0 atom stereocenters. The number of para-hydroxylation sites is 1. The van der Waals surface area contributed by atoms with Crippen molar-refractivity contribution in [3.8, 4) is 50.2 Å². The fourth-order valence-electron chi connectivity index (χ4n) is 8.48. The van der Waals surface area contributed by atoms with Crippen LogP contribution in [0.2, 0.25) is 0 Å². The number of nitrogens with zero attached hydrogens (tertiary/aromatic N) is 1. The van der Waals surface area contributed by atoms with Crippen molar-refractivity contribution in [2.75, 3.05) is 0 Å². The van der Waals surface area contributed by atoms with E-state index in [2.05, 4.69) is 158 Å². The highest BCUT2D eigenvalue weighted by Crippen LogP contribution is 2.53. The van der Waals surface area contributed by atoms with E-state index < -0.39 is 0 Å². The van der Waals surface area contributed by atoms with Crippen LogP contribution in [0.25, 0.3) is 82.8 Å². The molecule has 0 saturated carbocycles. The molecule has 0 saturated heterocycles. The Kier molecular flexibility index (Phi) is 4.58. The van der Waals surface area contributed by atoms with Gasteiger partial charge >= 0.3 is 0 Å². The topological polar surface area (TPSA) is 4.93 Å². The summed E-state index contributed by atoms with van der Waals surface area (Å²) in [6.07, 6.45) is 0. The van der Waals surface area contributed by atoms with Crippen LogP contribution in [0.5, 0.6) is 0 Å². The van der Waals surface area contributed by atoms with Gasteiger partial charge in [-0.05, 0) is 90.7 Å². The summed E-state index contributed by atoms with van der Waals surface area (Å²) in [6.45, 7) is 4.77. The predicted octanol–water partition coefficient (Wildman–Crippen LogP) is 11.6. The predicted molar refractivity (Wildman–Crippen MR) is 186 cm³/mol. The van der Waals surface area contributed by atoms with Gasteiger partial charge in [0.15, 0.2) is 0 Å². The fraction of sp³-hybridized carbons (Fsp3) is 0.0698. The minimum absolute atomic E-state index is 0.0789. The smallest absolute Gasteiger partial charge is 0.0544 e. The Morgan fingerprint density at radius 2 is 1.07 bits per heavy atom. The van der Waals surface area contributed by atoms with Crippen LogP contribution in [0.15, 0.2) is 140 Å². The molecule has 1 heteroatoms. The molecule has 1 nitrogen and oxygen atoms in total. The van der Waals surface area contributed by atoms with E-state index in [-0.39, 0.29) is 5.41 Å². The second kappa shape index (κ2) is 8.36. The maximum absolute atomic E-state index is 2.48. The summed E-state index contributed by atoms with van der Waals surface area (Å²) in [7, 11) is 0. The number of rotatable bonds is 2. The number of fused-ring (bicyclic) bond motifs is 10. The molecule has 1 aromatic heterocycles. The molecule has 8 aromatic rings. The van der Waals surface area contributed by atoms with Crippen LogP contribution in [0.3, 0.4) is 0 Å². The molecular formula is C43H29N. The van der Waals surface area contributed by atoms with Crippen molar-refractivity contribution in [3.63, 3.8) is 0 Å². The average Bonchev–Trinajstić information content (AvgIpc) is 3.66. The first-order chi connectivity index (χ1) is 21.6. The number of aromatic nitrogens is 1. The lowest BCUT2D eigenvalue weighted by atomic mass is 9.80. The Morgan fingerprint density at radius 3 is 1.93 bits per heavy atom. The minimum atomic E-state index is -0.0789. The summed E-state index contributed by atoms with van der Waals surface area (Å²) in [5.74, 6) is 0. The molecule has 0 unspecified atom stereocenters. The highest BCUT2D eigenvalue weighted by molar-refractivity contribution is 6.19. The Bertz CT molecular complexity index is 2490. The van der Waals surface area contributed by atoms with Crippen molar-refractivity contribution >= 4 is 32.6 Å². The molecule has 0 amide bonds. The van der Waals surface area contributed by atoms with Crippen LogP contribution in [-0.2, 0) is 5.41 Å². The van der Waals surface area contributed by atoms with Crippen molar-refractivity contribution < 1.29 is 0 Å². The molecule has 206 valence electrons. The van der Waals surface area contributed by atoms with Gasteiger partial charge in [-0.1, -0.05) is 129 Å². The van der Waals surface area contributed by atoms with Crippen LogP contribution >= 0.6 is 0 Å². The van der Waals surface area contributed by atoms with Gasteiger partial charge in [0.05, 0.1) is 11.0 Å². The largest absolute Gasteiger partial charge is 0.309 e. The SMILES string of the molecule is CC1(C)c2ccccc2-c2ccc3c(c21)c1ccccc1n3-c1cccc(-c2ccc3c4c(cccc24)-c2ccccc2-3)c1. The lowest BCUT2D eigenvalue weighted by Gasteiger charge is -2.22. The average molecular weight is 560 g/mol. The van der Waals surface area contributed by atoms with E-state index in [1.165, 1.54) is 93.9 Å². The summed E-state index contributed by atoms with van der Waals surface area (Å²) in [5, 5.41) is 5.36. The van der Waals surface area contributed by atoms with Crippen molar-refractivity contribution in [2.45, 2.75) is 19.3 Å². The van der Waals surface area contributed by atoms with Crippen LogP contribution in [0, 0.1) is 0 Å². The first kappa shape index (κ1) is 24.1. The summed E-state index contributed by atoms with van der Waals surface area (Å²) in [4.78, 5) is 0. The zero-order chi connectivity index (χ0) is 29.2. The molecule has 2 aliphatic rings. The fourth-order valence-corrected chi connectivity index (χ4v) is 8.48. The number of hydrogen-bond acceptors (Lipinski definition) is 0. The van der Waals surface area contributed by atoms with Gasteiger partial charge in [0.2, 0.25) is 0 Å². The van der Waals surface area contributed by atoms with Gasteiger partial charge in [-0.15, -0.1) is 0 Å². The van der Waals surface area contributed by atoms with Gasteiger partial charge in [-0.25, -0.2) is 0 Å². The lowest BCUT2D eigenvalue weighted by Crippen LogP contribution is -2.15. The van der Waals surface area contributed by atoms with Gasteiger partial charge in [0.1, 0.15) is 0 Å². The molecule has 10 rings (SSSR count). The molecule has 0 spiro atoms. The molecule has 0 radical (unpaired) electrons. The Hall–Kier alpha value is -5.40. The summed E-state index contributed by atoms with van der Waals surface area (Å²) in [5.41, 5.74) is 17.1. The molecule has 2 aliphatic carbocycles. The Balaban J connectivity index is 1.22. The van der Waals surface area contributed by atoms with Crippen LogP contribution < -0.4 is 0 Å². The second-order valence-corrected chi connectivity index (χ2v) is 12.9. The molecule has 7 aromatic carbocycles. The Morgan fingerprint density at radius 1 is 0.432 bits per heavy atom. The van der Waals surface area contributed by atoms with Gasteiger partial charge in [-0.2, -0.15) is 0 Å². The van der Waals surface area contributed by atoms with Crippen LogP contribution in [0.1, 0.15) is 25.0 Å². The van der Waals surface area contributed by atoms with Crippen LogP contribution in [-0.4, -0.2) is 4.57 Å². The van der Waals surface area contributed by atoms with E-state index in [1.54, 1.807) is 0 Å². The summed E-state index contributed by atoms with van der Waals surface area (Å²) >= 11 is 0. The zero-order valence-corrected chi connectivity index (χ0v) is 24.7. The van der Waals surface area contributed by atoms with Gasteiger partial charge in [-0.3, -0.25) is 0 Å². The molecule has 0 fully saturated rings. The quantitative estimate of drug-likeness (QED) is 0.198. The van der Waals surface area contributed by atoms with E-state index >= 15 is 0 Å². The van der Waals surface area contributed by atoms with Crippen molar-refractivity contribution in [3.05, 3.63) is 151 Å². The van der Waals surface area contributed by atoms with E-state index in [1.807, 2.05) is 0 Å². The Labute approximate surface area is 256 Å². The summed E-state index contributed by atoms with van der Waals surface area (Å²) in [6, 6.07) is 51.9. The van der Waals surface area contributed by atoms with Crippen LogP contribution in [0.4, 0.5) is 0 Å². The van der Waals surface area contributed by atoms with E-state index in [0.717, 1.165) is 0 Å². The maximum Gasteiger partial charge on any atom is 0.0544 e. The molecule has 0 N–H and O–H groups in total. The molecular weight excluding hydrogens is 530 g/mol. The standard InChI is InChI=1S/C43H29N/c1-43(2)37-19-7-5-15-31(37)35-23-24-39-41(42(35)43)36-16-6-8-20-38(36)44(39)27-12-9-11-26(25-27)28-21-22-34-30-14-4-3-13-29(30)33-18-10-17-32(28)40(33)34/h3-25H,1-2H3. The van der Waals surface area contributed by atoms with Crippen molar-refractivity contribution in [2.24, 2.45) is 0 Å². The lowest BCUT2D eigenvalue weighted by molar-refractivity contribution is 0.666. The molecule has 1 heterocycles. The first-order valence-electron chi connectivity index (χ1n) is 15.5. The second-order valence-electron chi connectivity index (χ2n) is 12.9. The normalized spacial score (nSPS) is 13.9. The van der Waals surface area contributed by atoms with Gasteiger partial charge < -0.3 is 4.57 Å². The number of benzene rings is 7. The maximum atomic E-state index is 2.48. The third-order valence-electron chi connectivity index (χ3n) is 10.3. The molecule has 0 bridgehead atoms. The van der Waals surface area contributed by atoms with E-state index in [0.29, 0.717) is 0 Å². The molecule has 0 aliphatic heterocycles. The molecule has 44 heavy (non-hydrogen) atoms. The first-order valence-corrected chi connectivity index (χ1v) is 15.5. The van der Waals surface area contributed by atoms with Crippen molar-refractivity contribution in [1.82, 2.24) is 4.57 Å². The van der Waals surface area contributed by atoms with E-state index in [4.69, 9.17) is 0 Å². The third kappa shape index (κ3) is 2.94. The highest BCUT2D eigenvalue weighted by atomic mass is 15.0. The van der Waals surface area contributed by atoms with Gasteiger partial charge in [0, 0.05) is 21.9 Å². The monoisotopic (exact) mass is 559 g/mol. The highest BCUT2D eigenvalue weighted by Gasteiger charge is 2.38. The van der Waals surface area contributed by atoms with Crippen molar-refractivity contribution in [1.29, 1.82) is 0 Å².